The van der Waals surface area contributed by atoms with E-state index >= 15 is 0 Å². The van der Waals surface area contributed by atoms with Gasteiger partial charge in [0, 0.05) is 6.42 Å². The molecule has 1 nitrogen and oxygen atoms in total. The Morgan fingerprint density at radius 1 is 0.882 bits per heavy atom. The molecule has 0 radical (unpaired) electrons. The smallest absolute Gasteiger partial charge is 0.389 e. The highest BCUT2D eigenvalue weighted by Gasteiger charge is 2.27. The molecule has 4 heteroatoms. The number of alkyl halides is 3. The van der Waals surface area contributed by atoms with Crippen molar-refractivity contribution in [2.45, 2.75) is 83.4 Å². The number of aliphatic hydroxyl groups excluding tert-OH is 1. The van der Waals surface area contributed by atoms with Gasteiger partial charge >= 0.3 is 6.18 Å². The molecule has 1 N–H and O–H groups in total. The van der Waals surface area contributed by atoms with E-state index in [1.165, 1.54) is 25.7 Å². The molecule has 0 rings (SSSR count). The van der Waals surface area contributed by atoms with E-state index in [1.807, 2.05) is 0 Å². The first-order valence-corrected chi connectivity index (χ1v) is 6.70. The van der Waals surface area contributed by atoms with Crippen LogP contribution in [0.4, 0.5) is 13.2 Å². The number of aliphatic hydroxyl groups is 1. The first-order chi connectivity index (χ1) is 7.95. The molecule has 0 saturated carbocycles. The summed E-state index contributed by atoms with van der Waals surface area (Å²) in [7, 11) is 0. The van der Waals surface area contributed by atoms with Crippen LogP contribution in [-0.4, -0.2) is 17.4 Å². The van der Waals surface area contributed by atoms with Gasteiger partial charge in [0.1, 0.15) is 0 Å². The molecule has 0 fully saturated rings. The van der Waals surface area contributed by atoms with Crippen molar-refractivity contribution >= 4 is 0 Å². The van der Waals surface area contributed by atoms with E-state index in [2.05, 4.69) is 6.92 Å². The third-order valence-electron chi connectivity index (χ3n) is 2.90. The standard InChI is InChI=1S/C13H25F3O/c1-2-3-4-5-6-7-8-9-12(17)10-11-13(14,15)16/h12,17H,2-11H2,1H3. The molecule has 0 aromatic carbocycles. The molecule has 0 bridgehead atoms. The normalized spacial score (nSPS) is 13.9. The molecular weight excluding hydrogens is 229 g/mol. The minimum Gasteiger partial charge on any atom is -0.393 e. The molecule has 1 unspecified atom stereocenters. The van der Waals surface area contributed by atoms with Gasteiger partial charge in [-0.05, 0) is 12.8 Å². The Hall–Kier alpha value is -0.250. The van der Waals surface area contributed by atoms with Crippen molar-refractivity contribution in [3.8, 4) is 0 Å². The third kappa shape index (κ3) is 13.7. The first kappa shape index (κ1) is 16.8. The van der Waals surface area contributed by atoms with Gasteiger partial charge in [-0.2, -0.15) is 13.2 Å². The number of hydrogen-bond acceptors (Lipinski definition) is 1. The molecule has 0 aromatic rings. The van der Waals surface area contributed by atoms with Crippen LogP contribution in [0, 0.1) is 0 Å². The molecule has 0 aliphatic rings. The molecule has 0 heterocycles. The summed E-state index contributed by atoms with van der Waals surface area (Å²) in [4.78, 5) is 0. The van der Waals surface area contributed by atoms with Crippen LogP contribution < -0.4 is 0 Å². The van der Waals surface area contributed by atoms with Crippen LogP contribution in [0.5, 0.6) is 0 Å². The van der Waals surface area contributed by atoms with Crippen molar-refractivity contribution in [3.05, 3.63) is 0 Å². The van der Waals surface area contributed by atoms with Gasteiger partial charge in [-0.25, -0.2) is 0 Å². The van der Waals surface area contributed by atoms with E-state index < -0.39 is 18.7 Å². The Labute approximate surface area is 102 Å². The lowest BCUT2D eigenvalue weighted by atomic mass is 10.0. The van der Waals surface area contributed by atoms with Gasteiger partial charge in [-0.1, -0.05) is 51.9 Å². The average Bonchev–Trinajstić information content (AvgIpc) is 2.24. The van der Waals surface area contributed by atoms with Gasteiger partial charge in [0.25, 0.3) is 0 Å². The maximum absolute atomic E-state index is 11.9. The van der Waals surface area contributed by atoms with E-state index in [4.69, 9.17) is 0 Å². The van der Waals surface area contributed by atoms with Crippen molar-refractivity contribution < 1.29 is 18.3 Å². The van der Waals surface area contributed by atoms with Gasteiger partial charge < -0.3 is 5.11 Å². The molecule has 0 aromatic heterocycles. The van der Waals surface area contributed by atoms with E-state index in [-0.39, 0.29) is 6.42 Å². The number of unbranched alkanes of at least 4 members (excludes halogenated alkanes) is 6. The highest BCUT2D eigenvalue weighted by atomic mass is 19.4. The van der Waals surface area contributed by atoms with Crippen LogP contribution in [0.25, 0.3) is 0 Å². The predicted molar refractivity (Wildman–Crippen MR) is 63.9 cm³/mol. The molecule has 0 saturated heterocycles. The van der Waals surface area contributed by atoms with Crippen LogP contribution in [0.2, 0.25) is 0 Å². The summed E-state index contributed by atoms with van der Waals surface area (Å²) < 4.78 is 35.6. The van der Waals surface area contributed by atoms with E-state index in [0.717, 1.165) is 19.3 Å². The maximum Gasteiger partial charge on any atom is 0.389 e. The van der Waals surface area contributed by atoms with Gasteiger partial charge in [0.15, 0.2) is 0 Å². The van der Waals surface area contributed by atoms with Crippen molar-refractivity contribution in [1.82, 2.24) is 0 Å². The maximum atomic E-state index is 11.9. The van der Waals surface area contributed by atoms with E-state index in [1.54, 1.807) is 0 Å². The summed E-state index contributed by atoms with van der Waals surface area (Å²) >= 11 is 0. The number of rotatable bonds is 10. The van der Waals surface area contributed by atoms with Crippen LogP contribution in [0.1, 0.15) is 71.1 Å². The lowest BCUT2D eigenvalue weighted by Gasteiger charge is -2.11. The van der Waals surface area contributed by atoms with Crippen LogP contribution in [0.3, 0.4) is 0 Å². The highest BCUT2D eigenvalue weighted by molar-refractivity contribution is 4.60. The van der Waals surface area contributed by atoms with Crippen LogP contribution in [0.15, 0.2) is 0 Å². The van der Waals surface area contributed by atoms with Crippen molar-refractivity contribution in [2.24, 2.45) is 0 Å². The zero-order chi connectivity index (χ0) is 13.1. The second-order valence-electron chi connectivity index (χ2n) is 4.72. The average molecular weight is 254 g/mol. The lowest BCUT2D eigenvalue weighted by Crippen LogP contribution is -2.14. The van der Waals surface area contributed by atoms with E-state index in [9.17, 15) is 18.3 Å². The Morgan fingerprint density at radius 2 is 1.41 bits per heavy atom. The summed E-state index contributed by atoms with van der Waals surface area (Å²) in [6.45, 7) is 2.16. The molecule has 0 amide bonds. The Morgan fingerprint density at radius 3 is 1.94 bits per heavy atom. The third-order valence-corrected chi connectivity index (χ3v) is 2.90. The van der Waals surface area contributed by atoms with Gasteiger partial charge in [-0.15, -0.1) is 0 Å². The summed E-state index contributed by atoms with van der Waals surface area (Å²) in [6, 6.07) is 0. The van der Waals surface area contributed by atoms with Crippen molar-refractivity contribution in [2.75, 3.05) is 0 Å². The number of hydrogen-bond donors (Lipinski definition) is 1. The quantitative estimate of drug-likeness (QED) is 0.553. The fraction of sp³-hybridized carbons (Fsp3) is 1.00. The Bertz CT molecular complexity index is 169. The second kappa shape index (κ2) is 9.75. The fourth-order valence-corrected chi connectivity index (χ4v) is 1.81. The molecule has 0 spiro atoms. The number of halogens is 3. The van der Waals surface area contributed by atoms with Crippen molar-refractivity contribution in [3.63, 3.8) is 0 Å². The largest absolute Gasteiger partial charge is 0.393 e. The van der Waals surface area contributed by atoms with Gasteiger partial charge in [-0.3, -0.25) is 0 Å². The monoisotopic (exact) mass is 254 g/mol. The first-order valence-electron chi connectivity index (χ1n) is 6.70. The molecule has 0 aliphatic carbocycles. The van der Waals surface area contributed by atoms with Gasteiger partial charge in [0.05, 0.1) is 6.10 Å². The Kier molecular flexibility index (Phi) is 9.60. The molecule has 0 aliphatic heterocycles. The lowest BCUT2D eigenvalue weighted by molar-refractivity contribution is -0.140. The second-order valence-corrected chi connectivity index (χ2v) is 4.72. The zero-order valence-corrected chi connectivity index (χ0v) is 10.7. The minimum atomic E-state index is -4.14. The zero-order valence-electron chi connectivity index (χ0n) is 10.7. The van der Waals surface area contributed by atoms with Gasteiger partial charge in [0.2, 0.25) is 0 Å². The Balaban J connectivity index is 3.25. The highest BCUT2D eigenvalue weighted by Crippen LogP contribution is 2.23. The summed E-state index contributed by atoms with van der Waals surface area (Å²) in [5.41, 5.74) is 0. The molecule has 1 atom stereocenters. The predicted octanol–water partition coefficient (Wildman–Crippen LogP) is 4.83. The molecular formula is C13H25F3O. The molecule has 17 heavy (non-hydrogen) atoms. The summed E-state index contributed by atoms with van der Waals surface area (Å²) in [5.74, 6) is 0. The van der Waals surface area contributed by atoms with Crippen LogP contribution in [-0.2, 0) is 0 Å². The minimum absolute atomic E-state index is 0.153. The summed E-state index contributed by atoms with van der Waals surface area (Å²) in [6.07, 6.45) is 2.47. The molecule has 104 valence electrons. The fourth-order valence-electron chi connectivity index (χ4n) is 1.81. The topological polar surface area (TPSA) is 20.2 Å². The van der Waals surface area contributed by atoms with E-state index in [0.29, 0.717) is 6.42 Å². The van der Waals surface area contributed by atoms with Crippen LogP contribution >= 0.6 is 0 Å². The summed E-state index contributed by atoms with van der Waals surface area (Å²) in [5, 5.41) is 9.35. The SMILES string of the molecule is CCCCCCCCCC(O)CCC(F)(F)F. The van der Waals surface area contributed by atoms with Crippen molar-refractivity contribution in [1.29, 1.82) is 0 Å².